The van der Waals surface area contributed by atoms with E-state index in [2.05, 4.69) is 35.6 Å². The smallest absolute Gasteiger partial charge is 0.251 e. The molecule has 2 heterocycles. The van der Waals surface area contributed by atoms with Gasteiger partial charge in [0.25, 0.3) is 5.91 Å². The van der Waals surface area contributed by atoms with Crippen LogP contribution in [0.3, 0.4) is 0 Å². The van der Waals surface area contributed by atoms with Crippen LogP contribution in [-0.4, -0.2) is 34.8 Å². The number of carbonyl (C=O) groups is 1. The van der Waals surface area contributed by atoms with E-state index in [-0.39, 0.29) is 24.4 Å². The highest BCUT2D eigenvalue weighted by Gasteiger charge is 2.22. The molecule has 1 aliphatic rings. The maximum absolute atomic E-state index is 12.4. The van der Waals surface area contributed by atoms with Crippen LogP contribution in [0.25, 0.3) is 0 Å². The van der Waals surface area contributed by atoms with Crippen LogP contribution in [-0.2, 0) is 6.54 Å². The van der Waals surface area contributed by atoms with Crippen molar-refractivity contribution in [1.29, 1.82) is 0 Å². The summed E-state index contributed by atoms with van der Waals surface area (Å²) in [5.41, 5.74) is 4.04. The van der Waals surface area contributed by atoms with Crippen LogP contribution in [0.4, 0.5) is 0 Å². The van der Waals surface area contributed by atoms with Crippen molar-refractivity contribution in [2.24, 2.45) is 5.92 Å². The van der Waals surface area contributed by atoms with Gasteiger partial charge in [0.05, 0.1) is 12.2 Å². The highest BCUT2D eigenvalue weighted by atomic mass is 35.5. The van der Waals surface area contributed by atoms with Crippen LogP contribution in [0, 0.1) is 19.8 Å². The van der Waals surface area contributed by atoms with Crippen molar-refractivity contribution in [1.82, 2.24) is 20.4 Å². The number of piperidine rings is 1. The number of aryl methyl sites for hydroxylation is 2. The monoisotopic (exact) mass is 362 g/mol. The number of hydrogen-bond acceptors (Lipinski definition) is 3. The number of rotatable bonds is 4. The highest BCUT2D eigenvalue weighted by molar-refractivity contribution is 5.94. The molecule has 0 aliphatic carbocycles. The normalized spacial score (nSPS) is 20.0. The summed E-state index contributed by atoms with van der Waals surface area (Å²) in [7, 11) is 0. The zero-order chi connectivity index (χ0) is 17.1. The molecule has 0 bridgehead atoms. The summed E-state index contributed by atoms with van der Waals surface area (Å²) in [6, 6.07) is 10.2. The molecule has 3 rings (SSSR count). The van der Waals surface area contributed by atoms with E-state index >= 15 is 0 Å². The molecule has 0 radical (unpaired) electrons. The van der Waals surface area contributed by atoms with Gasteiger partial charge < -0.3 is 10.6 Å². The van der Waals surface area contributed by atoms with Gasteiger partial charge in [-0.1, -0.05) is 19.1 Å². The average molecular weight is 363 g/mol. The number of nitrogens with zero attached hydrogens (tertiary/aromatic N) is 2. The molecule has 5 nitrogen and oxygen atoms in total. The van der Waals surface area contributed by atoms with E-state index in [1.807, 2.05) is 35.9 Å². The molecule has 25 heavy (non-hydrogen) atoms. The molecule has 2 atom stereocenters. The van der Waals surface area contributed by atoms with Crippen LogP contribution in [0.1, 0.15) is 40.7 Å². The molecule has 2 unspecified atom stereocenters. The Balaban J connectivity index is 0.00000225. The molecule has 0 saturated carbocycles. The van der Waals surface area contributed by atoms with Crippen molar-refractivity contribution in [3.05, 3.63) is 52.8 Å². The summed E-state index contributed by atoms with van der Waals surface area (Å²) < 4.78 is 1.99. The van der Waals surface area contributed by atoms with E-state index < -0.39 is 0 Å². The lowest BCUT2D eigenvalue weighted by molar-refractivity contribution is 0.0914. The predicted molar refractivity (Wildman–Crippen MR) is 102 cm³/mol. The van der Waals surface area contributed by atoms with Crippen LogP contribution >= 0.6 is 12.4 Å². The van der Waals surface area contributed by atoms with Gasteiger partial charge in [0.15, 0.2) is 0 Å². The molecular formula is C19H27ClN4O. The van der Waals surface area contributed by atoms with Gasteiger partial charge in [-0.25, -0.2) is 0 Å². The molecule has 6 heteroatoms. The van der Waals surface area contributed by atoms with Gasteiger partial charge in [0.2, 0.25) is 0 Å². The van der Waals surface area contributed by atoms with Gasteiger partial charge in [-0.05, 0) is 63.0 Å². The third-order valence-corrected chi connectivity index (χ3v) is 4.75. The Bertz CT molecular complexity index is 711. The van der Waals surface area contributed by atoms with Gasteiger partial charge in [-0.15, -0.1) is 12.4 Å². The third-order valence-electron chi connectivity index (χ3n) is 4.75. The minimum Gasteiger partial charge on any atom is -0.349 e. The Morgan fingerprint density at radius 1 is 1.32 bits per heavy atom. The van der Waals surface area contributed by atoms with Crippen LogP contribution in [0.5, 0.6) is 0 Å². The number of nitrogens with one attached hydrogen (secondary N) is 2. The highest BCUT2D eigenvalue weighted by Crippen LogP contribution is 2.13. The second-order valence-corrected chi connectivity index (χ2v) is 6.83. The van der Waals surface area contributed by atoms with Gasteiger partial charge >= 0.3 is 0 Å². The molecule has 1 saturated heterocycles. The van der Waals surface area contributed by atoms with Gasteiger partial charge in [-0.2, -0.15) is 5.10 Å². The number of benzene rings is 1. The molecule has 2 N–H and O–H groups in total. The van der Waals surface area contributed by atoms with Crippen molar-refractivity contribution in [2.75, 3.05) is 13.1 Å². The molecule has 1 aromatic heterocycles. The fraction of sp³-hybridized carbons (Fsp3) is 0.474. The van der Waals surface area contributed by atoms with Crippen molar-refractivity contribution < 1.29 is 4.79 Å². The van der Waals surface area contributed by atoms with Crippen LogP contribution in [0.15, 0.2) is 30.3 Å². The fourth-order valence-electron chi connectivity index (χ4n) is 3.25. The molecule has 136 valence electrons. The number of halogens is 1. The summed E-state index contributed by atoms with van der Waals surface area (Å²) in [6.07, 6.45) is 0.989. The molecule has 2 aromatic rings. The van der Waals surface area contributed by atoms with E-state index in [1.54, 1.807) is 0 Å². The van der Waals surface area contributed by atoms with E-state index in [4.69, 9.17) is 0 Å². The zero-order valence-corrected chi connectivity index (χ0v) is 15.9. The molecule has 1 aliphatic heterocycles. The van der Waals surface area contributed by atoms with Gasteiger partial charge in [0.1, 0.15) is 0 Å². The SMILES string of the molecule is Cc1cc(C)n(Cc2ccc(C(=O)NC3CCNCC3C)cc2)n1.Cl. The maximum Gasteiger partial charge on any atom is 0.251 e. The minimum absolute atomic E-state index is 0. The first-order chi connectivity index (χ1) is 11.5. The van der Waals surface area contributed by atoms with E-state index in [0.717, 1.165) is 48.6 Å². The summed E-state index contributed by atoms with van der Waals surface area (Å²) in [4.78, 5) is 12.4. The summed E-state index contributed by atoms with van der Waals surface area (Å²) >= 11 is 0. The summed E-state index contributed by atoms with van der Waals surface area (Å²) in [6.45, 7) is 8.89. The number of amides is 1. The molecule has 0 spiro atoms. The van der Waals surface area contributed by atoms with Crippen LogP contribution < -0.4 is 10.6 Å². The predicted octanol–water partition coefficient (Wildman–Crippen LogP) is 2.70. The first-order valence-corrected chi connectivity index (χ1v) is 8.64. The van der Waals surface area contributed by atoms with Crippen molar-refractivity contribution in [3.63, 3.8) is 0 Å². The number of carbonyl (C=O) groups excluding carboxylic acids is 1. The first-order valence-electron chi connectivity index (χ1n) is 8.64. The summed E-state index contributed by atoms with van der Waals surface area (Å²) in [5.74, 6) is 0.486. The van der Waals surface area contributed by atoms with Crippen LogP contribution in [0.2, 0.25) is 0 Å². The topological polar surface area (TPSA) is 59.0 Å². The molecule has 1 aromatic carbocycles. The average Bonchev–Trinajstić information content (AvgIpc) is 2.88. The Kier molecular flexibility index (Phi) is 6.62. The van der Waals surface area contributed by atoms with E-state index in [1.165, 1.54) is 0 Å². The second kappa shape index (κ2) is 8.50. The molecule has 1 amide bonds. The Labute approximate surface area is 155 Å². The zero-order valence-electron chi connectivity index (χ0n) is 15.1. The molecule has 1 fully saturated rings. The van der Waals surface area contributed by atoms with Crippen molar-refractivity contribution >= 4 is 18.3 Å². The minimum atomic E-state index is 0. The fourth-order valence-corrected chi connectivity index (χ4v) is 3.25. The lowest BCUT2D eigenvalue weighted by Crippen LogP contribution is -2.48. The largest absolute Gasteiger partial charge is 0.349 e. The lowest BCUT2D eigenvalue weighted by Gasteiger charge is -2.30. The van der Waals surface area contributed by atoms with Crippen molar-refractivity contribution in [2.45, 2.75) is 39.8 Å². The van der Waals surface area contributed by atoms with E-state index in [9.17, 15) is 4.79 Å². The maximum atomic E-state index is 12.4. The van der Waals surface area contributed by atoms with Gasteiger partial charge in [0, 0.05) is 17.3 Å². The molecular weight excluding hydrogens is 336 g/mol. The lowest BCUT2D eigenvalue weighted by atomic mass is 9.95. The first kappa shape index (κ1) is 19.5. The third kappa shape index (κ3) is 4.83. The second-order valence-electron chi connectivity index (χ2n) is 6.83. The summed E-state index contributed by atoms with van der Waals surface area (Å²) in [5, 5.41) is 11.0. The van der Waals surface area contributed by atoms with Gasteiger partial charge in [-0.3, -0.25) is 9.48 Å². The Hall–Kier alpha value is -1.85. The van der Waals surface area contributed by atoms with E-state index in [0.29, 0.717) is 5.92 Å². The Morgan fingerprint density at radius 3 is 2.64 bits per heavy atom. The number of hydrogen-bond donors (Lipinski definition) is 2. The number of aromatic nitrogens is 2. The standard InChI is InChI=1S/C19H26N4O.ClH/c1-13-11-20-9-8-18(13)21-19(24)17-6-4-16(5-7-17)12-23-15(3)10-14(2)22-23;/h4-7,10,13,18,20H,8-9,11-12H2,1-3H3,(H,21,24);1H. The quantitative estimate of drug-likeness (QED) is 0.879. The Morgan fingerprint density at radius 2 is 2.04 bits per heavy atom. The van der Waals surface area contributed by atoms with Crippen molar-refractivity contribution in [3.8, 4) is 0 Å².